The van der Waals surface area contributed by atoms with Crippen LogP contribution in [-0.4, -0.2) is 42.5 Å². The van der Waals surface area contributed by atoms with Crippen LogP contribution in [0.25, 0.3) is 0 Å². The van der Waals surface area contributed by atoms with Crippen LogP contribution in [0.5, 0.6) is 0 Å². The number of halogens is 2. The lowest BCUT2D eigenvalue weighted by atomic mass is 10.3. The summed E-state index contributed by atoms with van der Waals surface area (Å²) < 4.78 is 0. The van der Waals surface area contributed by atoms with Crippen LogP contribution in [0.4, 0.5) is 0 Å². The van der Waals surface area contributed by atoms with Crippen LogP contribution in [-0.2, 0) is 0 Å². The second-order valence-corrected chi connectivity index (χ2v) is 4.39. The van der Waals surface area contributed by atoms with Crippen molar-refractivity contribution in [2.45, 2.75) is 11.8 Å². The predicted molar refractivity (Wildman–Crippen MR) is 58.0 cm³/mol. The van der Waals surface area contributed by atoms with Gasteiger partial charge in [0.15, 0.2) is 0 Å². The topological polar surface area (TPSA) is 15.3 Å². The Labute approximate surface area is 87.6 Å². The Bertz CT molecular complexity index is 92.4. The van der Waals surface area contributed by atoms with Crippen molar-refractivity contribution in [3.05, 3.63) is 0 Å². The van der Waals surface area contributed by atoms with E-state index in [1.165, 1.54) is 19.6 Å². The molecule has 0 amide bonds. The second-order valence-electron chi connectivity index (χ2n) is 2.83. The average molecular weight is 288 g/mol. The van der Waals surface area contributed by atoms with Crippen LogP contribution in [0.15, 0.2) is 0 Å². The van der Waals surface area contributed by atoms with E-state index >= 15 is 0 Å². The summed E-state index contributed by atoms with van der Waals surface area (Å²) in [4.78, 5) is 3.11. The summed E-state index contributed by atoms with van der Waals surface area (Å²) in [5.41, 5.74) is 0. The highest BCUT2D eigenvalue weighted by atomic mass is 79.9. The molecular weight excluding hydrogens is 272 g/mol. The molecule has 1 saturated heterocycles. The zero-order chi connectivity index (χ0) is 7.40. The SMILES string of the molecule is Br.CC(Br)CN1CCNCC1. The van der Waals surface area contributed by atoms with Crippen molar-refractivity contribution in [1.29, 1.82) is 0 Å². The summed E-state index contributed by atoms with van der Waals surface area (Å²) in [6.07, 6.45) is 0. The van der Waals surface area contributed by atoms with Gasteiger partial charge in [-0.1, -0.05) is 22.9 Å². The molecule has 4 heteroatoms. The lowest BCUT2D eigenvalue weighted by Gasteiger charge is -2.27. The molecule has 1 heterocycles. The number of piperazine rings is 1. The Morgan fingerprint density at radius 2 is 2.00 bits per heavy atom. The molecular formula is C7H16Br2N2. The Kier molecular flexibility index (Phi) is 6.91. The fourth-order valence-electron chi connectivity index (χ4n) is 1.25. The monoisotopic (exact) mass is 286 g/mol. The van der Waals surface area contributed by atoms with Crippen molar-refractivity contribution in [1.82, 2.24) is 10.2 Å². The summed E-state index contributed by atoms with van der Waals surface area (Å²) in [6.45, 7) is 8.09. The van der Waals surface area contributed by atoms with Gasteiger partial charge in [-0.05, 0) is 0 Å². The van der Waals surface area contributed by atoms with Crippen molar-refractivity contribution < 1.29 is 0 Å². The van der Waals surface area contributed by atoms with E-state index in [4.69, 9.17) is 0 Å². The normalized spacial score (nSPS) is 22.4. The van der Waals surface area contributed by atoms with E-state index < -0.39 is 0 Å². The molecule has 1 rings (SSSR count). The molecule has 1 fully saturated rings. The molecule has 0 bridgehead atoms. The quantitative estimate of drug-likeness (QED) is 0.769. The summed E-state index contributed by atoms with van der Waals surface area (Å²) in [7, 11) is 0. The molecule has 1 unspecified atom stereocenters. The molecule has 1 aliphatic rings. The highest BCUT2D eigenvalue weighted by Crippen LogP contribution is 2.01. The van der Waals surface area contributed by atoms with Gasteiger partial charge in [0.25, 0.3) is 0 Å². The molecule has 2 nitrogen and oxygen atoms in total. The Morgan fingerprint density at radius 1 is 1.45 bits per heavy atom. The molecule has 1 aliphatic heterocycles. The van der Waals surface area contributed by atoms with E-state index in [0.717, 1.165) is 13.1 Å². The number of nitrogens with zero attached hydrogens (tertiary/aromatic N) is 1. The fraction of sp³-hybridized carbons (Fsp3) is 1.00. The molecule has 0 aromatic rings. The molecule has 68 valence electrons. The van der Waals surface area contributed by atoms with E-state index in [-0.39, 0.29) is 17.0 Å². The minimum absolute atomic E-state index is 0. The minimum atomic E-state index is 0. The molecule has 0 saturated carbocycles. The number of hydrogen-bond donors (Lipinski definition) is 1. The zero-order valence-electron chi connectivity index (χ0n) is 6.85. The second kappa shape index (κ2) is 6.40. The summed E-state index contributed by atoms with van der Waals surface area (Å²) in [5, 5.41) is 3.33. The van der Waals surface area contributed by atoms with E-state index in [1.807, 2.05) is 0 Å². The van der Waals surface area contributed by atoms with Gasteiger partial charge in [-0.25, -0.2) is 0 Å². The van der Waals surface area contributed by atoms with E-state index in [2.05, 4.69) is 33.1 Å². The Morgan fingerprint density at radius 3 is 2.45 bits per heavy atom. The van der Waals surface area contributed by atoms with Crippen LogP contribution in [0.1, 0.15) is 6.92 Å². The number of nitrogens with one attached hydrogen (secondary N) is 1. The molecule has 0 radical (unpaired) electrons. The molecule has 1 N–H and O–H groups in total. The first kappa shape index (κ1) is 11.9. The average Bonchev–Trinajstić information content (AvgIpc) is 1.88. The van der Waals surface area contributed by atoms with Gasteiger partial charge in [-0.2, -0.15) is 0 Å². The van der Waals surface area contributed by atoms with Crippen molar-refractivity contribution in [2.75, 3.05) is 32.7 Å². The standard InChI is InChI=1S/C7H15BrN2.BrH/c1-7(8)6-10-4-2-9-3-5-10;/h7,9H,2-6H2,1H3;1H. The van der Waals surface area contributed by atoms with Crippen LogP contribution >= 0.6 is 32.9 Å². The van der Waals surface area contributed by atoms with E-state index in [0.29, 0.717) is 4.83 Å². The zero-order valence-corrected chi connectivity index (χ0v) is 10.1. The molecule has 11 heavy (non-hydrogen) atoms. The lowest BCUT2D eigenvalue weighted by Crippen LogP contribution is -2.45. The predicted octanol–water partition coefficient (Wildman–Crippen LogP) is 1.25. The lowest BCUT2D eigenvalue weighted by molar-refractivity contribution is 0.245. The summed E-state index contributed by atoms with van der Waals surface area (Å²) >= 11 is 3.55. The summed E-state index contributed by atoms with van der Waals surface area (Å²) in [6, 6.07) is 0. The number of rotatable bonds is 2. The van der Waals surface area contributed by atoms with Gasteiger partial charge in [0, 0.05) is 37.6 Å². The molecule has 0 aromatic heterocycles. The molecule has 0 spiro atoms. The van der Waals surface area contributed by atoms with Gasteiger partial charge in [-0.3, -0.25) is 4.90 Å². The van der Waals surface area contributed by atoms with Crippen molar-refractivity contribution in [3.8, 4) is 0 Å². The van der Waals surface area contributed by atoms with Gasteiger partial charge in [0.1, 0.15) is 0 Å². The van der Waals surface area contributed by atoms with E-state index in [9.17, 15) is 0 Å². The smallest absolute Gasteiger partial charge is 0.0244 e. The van der Waals surface area contributed by atoms with Crippen molar-refractivity contribution in [3.63, 3.8) is 0 Å². The fourth-order valence-corrected chi connectivity index (χ4v) is 1.66. The van der Waals surface area contributed by atoms with Gasteiger partial charge in [0.05, 0.1) is 0 Å². The number of alkyl halides is 1. The first-order valence-corrected chi connectivity index (χ1v) is 4.78. The first-order chi connectivity index (χ1) is 4.79. The third kappa shape index (κ3) is 5.17. The third-order valence-electron chi connectivity index (χ3n) is 1.72. The first-order valence-electron chi connectivity index (χ1n) is 3.86. The highest BCUT2D eigenvalue weighted by Gasteiger charge is 2.10. The van der Waals surface area contributed by atoms with Crippen LogP contribution < -0.4 is 5.32 Å². The highest BCUT2D eigenvalue weighted by molar-refractivity contribution is 9.09. The summed E-state index contributed by atoms with van der Waals surface area (Å²) in [5.74, 6) is 0. The van der Waals surface area contributed by atoms with Gasteiger partial charge in [-0.15, -0.1) is 17.0 Å². The molecule has 1 atom stereocenters. The third-order valence-corrected chi connectivity index (χ3v) is 2.01. The van der Waals surface area contributed by atoms with Gasteiger partial charge < -0.3 is 5.32 Å². The molecule has 0 aliphatic carbocycles. The van der Waals surface area contributed by atoms with Crippen LogP contribution in [0, 0.1) is 0 Å². The minimum Gasteiger partial charge on any atom is -0.314 e. The van der Waals surface area contributed by atoms with Crippen LogP contribution in [0.3, 0.4) is 0 Å². The van der Waals surface area contributed by atoms with Gasteiger partial charge in [0.2, 0.25) is 0 Å². The van der Waals surface area contributed by atoms with Gasteiger partial charge >= 0.3 is 0 Å². The maximum absolute atomic E-state index is 3.55. The molecule has 0 aromatic carbocycles. The Hall–Kier alpha value is 0.880. The maximum Gasteiger partial charge on any atom is 0.0244 e. The van der Waals surface area contributed by atoms with Crippen molar-refractivity contribution >= 4 is 32.9 Å². The largest absolute Gasteiger partial charge is 0.314 e. The van der Waals surface area contributed by atoms with Crippen LogP contribution in [0.2, 0.25) is 0 Å². The Balaban J connectivity index is 0.000001000. The van der Waals surface area contributed by atoms with Crippen molar-refractivity contribution in [2.24, 2.45) is 0 Å². The number of hydrogen-bond acceptors (Lipinski definition) is 2. The maximum atomic E-state index is 3.55. The van der Waals surface area contributed by atoms with E-state index in [1.54, 1.807) is 0 Å².